The summed E-state index contributed by atoms with van der Waals surface area (Å²) in [5.74, 6) is 2.41. The van der Waals surface area contributed by atoms with Gasteiger partial charge in [-0.2, -0.15) is 0 Å². The van der Waals surface area contributed by atoms with Gasteiger partial charge in [-0.05, 0) is 37.7 Å². The van der Waals surface area contributed by atoms with Gasteiger partial charge in [-0.3, -0.25) is 4.57 Å². The largest absolute Gasteiger partial charge is 0.490 e. The second-order valence-corrected chi connectivity index (χ2v) is 4.65. The highest BCUT2D eigenvalue weighted by molar-refractivity contribution is 5.78. The minimum absolute atomic E-state index is 0.542. The van der Waals surface area contributed by atoms with Gasteiger partial charge < -0.3 is 10.5 Å². The van der Waals surface area contributed by atoms with E-state index in [1.54, 1.807) is 6.20 Å². The summed E-state index contributed by atoms with van der Waals surface area (Å²) in [7, 11) is 0. The maximum absolute atomic E-state index is 5.72. The molecule has 0 unspecified atom stereocenters. The van der Waals surface area contributed by atoms with Gasteiger partial charge in [0.1, 0.15) is 5.82 Å². The van der Waals surface area contributed by atoms with Gasteiger partial charge in [-0.1, -0.05) is 12.1 Å². The first kappa shape index (κ1) is 13.6. The number of ether oxygens (including phenoxy) is 1. The molecule has 5 heteroatoms. The number of hydrogen-bond acceptors (Lipinski definition) is 4. The van der Waals surface area contributed by atoms with Gasteiger partial charge >= 0.3 is 0 Å². The lowest BCUT2D eigenvalue weighted by Gasteiger charge is -2.12. The minimum atomic E-state index is 0.542. The Hall–Kier alpha value is -2.40. The van der Waals surface area contributed by atoms with Crippen molar-refractivity contribution in [3.63, 3.8) is 0 Å². The summed E-state index contributed by atoms with van der Waals surface area (Å²) >= 11 is 0. The van der Waals surface area contributed by atoms with Crippen LogP contribution in [0.15, 0.2) is 42.6 Å². The van der Waals surface area contributed by atoms with Crippen LogP contribution < -0.4 is 10.5 Å². The van der Waals surface area contributed by atoms with Gasteiger partial charge in [-0.15, -0.1) is 0 Å². The summed E-state index contributed by atoms with van der Waals surface area (Å²) in [6, 6.07) is 11.8. The van der Waals surface area contributed by atoms with Crippen LogP contribution in [0, 0.1) is 0 Å². The second kappa shape index (κ2) is 5.93. The molecule has 0 radical (unpaired) electrons. The lowest BCUT2D eigenvalue weighted by Crippen LogP contribution is -2.11. The first-order chi connectivity index (χ1) is 10.3. The number of benzene rings is 1. The second-order valence-electron chi connectivity index (χ2n) is 4.65. The van der Waals surface area contributed by atoms with E-state index in [1.165, 1.54) is 0 Å². The van der Waals surface area contributed by atoms with Crippen LogP contribution in [0.2, 0.25) is 0 Å². The average Bonchev–Trinajstić information content (AvgIpc) is 2.86. The lowest BCUT2D eigenvalue weighted by molar-refractivity contribution is 0.337. The minimum Gasteiger partial charge on any atom is -0.490 e. The predicted molar refractivity (Wildman–Crippen MR) is 82.8 cm³/mol. The molecule has 0 aliphatic rings. The van der Waals surface area contributed by atoms with Crippen LogP contribution in [0.4, 0.5) is 0 Å². The third-order valence-corrected chi connectivity index (χ3v) is 3.26. The molecule has 3 rings (SSSR count). The number of para-hydroxylation sites is 2. The van der Waals surface area contributed by atoms with E-state index in [-0.39, 0.29) is 0 Å². The maximum atomic E-state index is 5.72. The zero-order valence-corrected chi connectivity index (χ0v) is 12.0. The number of nitrogens with two attached hydrogens (primary N) is 1. The van der Waals surface area contributed by atoms with E-state index in [1.807, 2.05) is 47.9 Å². The SMILES string of the molecule is CCOc1cccnc1-n1c(CCN)nc2ccccc21. The molecule has 0 saturated carbocycles. The van der Waals surface area contributed by atoms with E-state index in [9.17, 15) is 0 Å². The standard InChI is InChI=1S/C16H18N4O/c1-2-21-14-8-5-11-18-16(14)20-13-7-4-3-6-12(13)19-15(20)9-10-17/h3-8,11H,2,9-10,17H2,1H3. The molecule has 0 saturated heterocycles. The van der Waals surface area contributed by atoms with E-state index in [4.69, 9.17) is 10.5 Å². The van der Waals surface area contributed by atoms with E-state index in [0.717, 1.165) is 28.4 Å². The number of aromatic nitrogens is 3. The Kier molecular flexibility index (Phi) is 3.83. The van der Waals surface area contributed by atoms with Crippen LogP contribution in [0.5, 0.6) is 5.75 Å². The van der Waals surface area contributed by atoms with Crippen molar-refractivity contribution in [1.82, 2.24) is 14.5 Å². The molecular weight excluding hydrogens is 264 g/mol. The summed E-state index contributed by atoms with van der Waals surface area (Å²) in [6.07, 6.45) is 2.45. The molecule has 0 aliphatic heterocycles. The van der Waals surface area contributed by atoms with E-state index in [0.29, 0.717) is 19.6 Å². The Balaban J connectivity index is 2.25. The molecule has 0 amide bonds. The number of nitrogens with zero attached hydrogens (tertiary/aromatic N) is 3. The molecule has 21 heavy (non-hydrogen) atoms. The number of imidazole rings is 1. The van der Waals surface area contributed by atoms with Gasteiger partial charge in [0, 0.05) is 12.6 Å². The van der Waals surface area contributed by atoms with Gasteiger partial charge in [-0.25, -0.2) is 9.97 Å². The lowest BCUT2D eigenvalue weighted by atomic mass is 10.3. The van der Waals surface area contributed by atoms with E-state index < -0.39 is 0 Å². The summed E-state index contributed by atoms with van der Waals surface area (Å²) in [5, 5.41) is 0. The van der Waals surface area contributed by atoms with Crippen molar-refractivity contribution in [3.05, 3.63) is 48.4 Å². The third-order valence-electron chi connectivity index (χ3n) is 3.26. The van der Waals surface area contributed by atoms with E-state index in [2.05, 4.69) is 9.97 Å². The molecule has 2 aromatic heterocycles. The van der Waals surface area contributed by atoms with Crippen LogP contribution in [0.1, 0.15) is 12.7 Å². The molecule has 5 nitrogen and oxygen atoms in total. The van der Waals surface area contributed by atoms with E-state index >= 15 is 0 Å². The molecule has 0 bridgehead atoms. The average molecular weight is 282 g/mol. The molecule has 3 aromatic rings. The Morgan fingerprint density at radius 1 is 1.19 bits per heavy atom. The number of rotatable bonds is 5. The summed E-state index contributed by atoms with van der Waals surface area (Å²) in [4.78, 5) is 9.16. The predicted octanol–water partition coefficient (Wildman–Crippen LogP) is 2.32. The molecule has 0 atom stereocenters. The van der Waals surface area contributed by atoms with Crippen LogP contribution in [-0.4, -0.2) is 27.7 Å². The van der Waals surface area contributed by atoms with Gasteiger partial charge in [0.05, 0.1) is 17.6 Å². The Morgan fingerprint density at radius 3 is 2.86 bits per heavy atom. The summed E-state index contributed by atoms with van der Waals surface area (Å²) in [5.41, 5.74) is 7.67. The zero-order chi connectivity index (χ0) is 14.7. The maximum Gasteiger partial charge on any atom is 0.181 e. The third kappa shape index (κ3) is 2.48. The van der Waals surface area contributed by atoms with Crippen molar-refractivity contribution in [2.75, 3.05) is 13.2 Å². The van der Waals surface area contributed by atoms with Crippen LogP contribution >= 0.6 is 0 Å². The Bertz CT molecular complexity index is 751. The van der Waals surface area contributed by atoms with Crippen molar-refractivity contribution >= 4 is 11.0 Å². The van der Waals surface area contributed by atoms with Gasteiger partial charge in [0.15, 0.2) is 11.6 Å². The first-order valence-corrected chi connectivity index (χ1v) is 7.09. The summed E-state index contributed by atoms with van der Waals surface area (Å²) in [6.45, 7) is 3.10. The highest BCUT2D eigenvalue weighted by Gasteiger charge is 2.15. The number of pyridine rings is 1. The highest BCUT2D eigenvalue weighted by atomic mass is 16.5. The van der Waals surface area contributed by atoms with Crippen molar-refractivity contribution < 1.29 is 4.74 Å². The Morgan fingerprint density at radius 2 is 2.05 bits per heavy atom. The zero-order valence-electron chi connectivity index (χ0n) is 12.0. The van der Waals surface area contributed by atoms with Crippen LogP contribution in [0.25, 0.3) is 16.9 Å². The smallest absolute Gasteiger partial charge is 0.181 e. The fourth-order valence-corrected chi connectivity index (χ4v) is 2.43. The molecule has 108 valence electrons. The number of fused-ring (bicyclic) bond motifs is 1. The van der Waals surface area contributed by atoms with Gasteiger partial charge in [0.25, 0.3) is 0 Å². The molecule has 1 aromatic carbocycles. The quantitative estimate of drug-likeness (QED) is 0.780. The first-order valence-electron chi connectivity index (χ1n) is 7.09. The summed E-state index contributed by atoms with van der Waals surface area (Å²) < 4.78 is 7.74. The van der Waals surface area contributed by atoms with Gasteiger partial charge in [0.2, 0.25) is 0 Å². The Labute approximate surface area is 123 Å². The molecule has 0 aliphatic carbocycles. The van der Waals surface area contributed by atoms with Crippen molar-refractivity contribution in [2.24, 2.45) is 5.73 Å². The topological polar surface area (TPSA) is 66.0 Å². The van der Waals surface area contributed by atoms with Crippen molar-refractivity contribution in [1.29, 1.82) is 0 Å². The molecule has 0 fully saturated rings. The van der Waals surface area contributed by atoms with Crippen molar-refractivity contribution in [2.45, 2.75) is 13.3 Å². The fourth-order valence-electron chi connectivity index (χ4n) is 2.43. The molecular formula is C16H18N4O. The fraction of sp³-hybridized carbons (Fsp3) is 0.250. The molecule has 2 heterocycles. The molecule has 2 N–H and O–H groups in total. The van der Waals surface area contributed by atoms with Crippen molar-refractivity contribution in [3.8, 4) is 11.6 Å². The molecule has 0 spiro atoms. The monoisotopic (exact) mass is 282 g/mol. The number of hydrogen-bond donors (Lipinski definition) is 1. The van der Waals surface area contributed by atoms with Crippen LogP contribution in [0.3, 0.4) is 0 Å². The highest BCUT2D eigenvalue weighted by Crippen LogP contribution is 2.26. The normalized spacial score (nSPS) is 11.0. The van der Waals surface area contributed by atoms with Crippen LogP contribution in [-0.2, 0) is 6.42 Å².